The summed E-state index contributed by atoms with van der Waals surface area (Å²) in [7, 11) is 0. The molecule has 0 aliphatic carbocycles. The maximum Gasteiger partial charge on any atom is 0.0235 e. The van der Waals surface area contributed by atoms with Crippen LogP contribution in [0.5, 0.6) is 0 Å². The molecule has 2 fully saturated rings. The molecule has 98 valence electrons. The van der Waals surface area contributed by atoms with E-state index in [1.807, 2.05) is 0 Å². The lowest BCUT2D eigenvalue weighted by Gasteiger charge is -2.36. The molecule has 0 radical (unpaired) electrons. The highest BCUT2D eigenvalue weighted by molar-refractivity contribution is 5.20. The van der Waals surface area contributed by atoms with Crippen LogP contribution in [0.25, 0.3) is 0 Å². The monoisotopic (exact) mass is 244 g/mol. The Morgan fingerprint density at radius 1 is 1.11 bits per heavy atom. The standard InChI is InChI=1S/C16H24N2/c1-13-11-16(12-17-13)18-9-7-15(8-10-18)14-5-3-2-4-6-14/h2-6,13,15-17H,7-12H2,1H3/t13-,16?/m1/s1. The molecule has 1 unspecified atom stereocenters. The third-order valence-electron chi connectivity index (χ3n) is 4.64. The molecule has 0 aromatic heterocycles. The lowest BCUT2D eigenvalue weighted by molar-refractivity contribution is 0.160. The fourth-order valence-electron chi connectivity index (χ4n) is 3.51. The second-order valence-corrected chi connectivity index (χ2v) is 5.92. The van der Waals surface area contributed by atoms with Crippen LogP contribution in [0.15, 0.2) is 30.3 Å². The van der Waals surface area contributed by atoms with Crippen molar-refractivity contribution in [2.24, 2.45) is 0 Å². The van der Waals surface area contributed by atoms with Gasteiger partial charge < -0.3 is 5.32 Å². The minimum Gasteiger partial charge on any atom is -0.313 e. The van der Waals surface area contributed by atoms with Crippen molar-refractivity contribution in [2.45, 2.75) is 44.2 Å². The van der Waals surface area contributed by atoms with Crippen LogP contribution in [0, 0.1) is 0 Å². The van der Waals surface area contributed by atoms with Gasteiger partial charge in [-0.15, -0.1) is 0 Å². The zero-order chi connectivity index (χ0) is 12.4. The first-order valence-corrected chi connectivity index (χ1v) is 7.35. The summed E-state index contributed by atoms with van der Waals surface area (Å²) in [5.74, 6) is 0.786. The summed E-state index contributed by atoms with van der Waals surface area (Å²) in [4.78, 5) is 2.70. The van der Waals surface area contributed by atoms with E-state index in [4.69, 9.17) is 0 Å². The Morgan fingerprint density at radius 3 is 2.44 bits per heavy atom. The summed E-state index contributed by atoms with van der Waals surface area (Å²) in [5, 5.41) is 3.57. The zero-order valence-electron chi connectivity index (χ0n) is 11.3. The van der Waals surface area contributed by atoms with Gasteiger partial charge in [-0.1, -0.05) is 30.3 Å². The second kappa shape index (κ2) is 5.41. The second-order valence-electron chi connectivity index (χ2n) is 5.92. The van der Waals surface area contributed by atoms with Gasteiger partial charge in [-0.2, -0.15) is 0 Å². The Labute approximate surface area is 110 Å². The van der Waals surface area contributed by atoms with Crippen LogP contribution >= 0.6 is 0 Å². The normalized spacial score (nSPS) is 30.7. The molecule has 2 aliphatic heterocycles. The summed E-state index contributed by atoms with van der Waals surface area (Å²) in [6.45, 7) is 6.05. The Balaban J connectivity index is 1.55. The summed E-state index contributed by atoms with van der Waals surface area (Å²) < 4.78 is 0. The molecule has 0 saturated carbocycles. The van der Waals surface area contributed by atoms with Crippen LogP contribution in [0.4, 0.5) is 0 Å². The Bertz CT molecular complexity index is 368. The number of nitrogens with zero attached hydrogens (tertiary/aromatic N) is 1. The van der Waals surface area contributed by atoms with Gasteiger partial charge in [-0.25, -0.2) is 0 Å². The topological polar surface area (TPSA) is 15.3 Å². The summed E-state index contributed by atoms with van der Waals surface area (Å²) in [6, 6.07) is 12.5. The van der Waals surface area contributed by atoms with E-state index in [2.05, 4.69) is 47.5 Å². The highest BCUT2D eigenvalue weighted by atomic mass is 15.2. The van der Waals surface area contributed by atoms with Crippen molar-refractivity contribution < 1.29 is 0 Å². The molecule has 2 aliphatic rings. The summed E-state index contributed by atoms with van der Waals surface area (Å²) >= 11 is 0. The van der Waals surface area contributed by atoms with Gasteiger partial charge in [0.25, 0.3) is 0 Å². The van der Waals surface area contributed by atoms with Crippen LogP contribution in [0.1, 0.15) is 37.7 Å². The molecule has 0 bridgehead atoms. The van der Waals surface area contributed by atoms with E-state index in [0.29, 0.717) is 6.04 Å². The quantitative estimate of drug-likeness (QED) is 0.860. The molecule has 0 amide bonds. The molecule has 3 rings (SSSR count). The van der Waals surface area contributed by atoms with Crippen LogP contribution in [0.2, 0.25) is 0 Å². The van der Waals surface area contributed by atoms with Crippen LogP contribution in [-0.2, 0) is 0 Å². The first-order valence-electron chi connectivity index (χ1n) is 7.35. The molecular formula is C16H24N2. The lowest BCUT2D eigenvalue weighted by atomic mass is 9.89. The van der Waals surface area contributed by atoms with Crippen molar-refractivity contribution in [1.82, 2.24) is 10.2 Å². The Morgan fingerprint density at radius 2 is 1.83 bits per heavy atom. The van der Waals surface area contributed by atoms with Gasteiger partial charge in [0, 0.05) is 18.6 Å². The number of benzene rings is 1. The minimum atomic E-state index is 0.710. The van der Waals surface area contributed by atoms with Crippen LogP contribution in [-0.4, -0.2) is 36.6 Å². The van der Waals surface area contributed by atoms with Gasteiger partial charge in [0.15, 0.2) is 0 Å². The van der Waals surface area contributed by atoms with E-state index < -0.39 is 0 Å². The maximum atomic E-state index is 3.57. The number of rotatable bonds is 2. The minimum absolute atomic E-state index is 0.710. The molecular weight excluding hydrogens is 220 g/mol. The molecule has 18 heavy (non-hydrogen) atoms. The van der Waals surface area contributed by atoms with Crippen LogP contribution in [0.3, 0.4) is 0 Å². The summed E-state index contributed by atoms with van der Waals surface area (Å²) in [6.07, 6.45) is 3.99. The third-order valence-corrected chi connectivity index (χ3v) is 4.64. The average Bonchev–Trinajstić information content (AvgIpc) is 2.87. The largest absolute Gasteiger partial charge is 0.313 e. The fourth-order valence-corrected chi connectivity index (χ4v) is 3.51. The SMILES string of the molecule is C[C@@H]1CC(N2CCC(c3ccccc3)CC2)CN1. The van der Waals surface area contributed by atoms with Gasteiger partial charge in [0.05, 0.1) is 0 Å². The van der Waals surface area contributed by atoms with Gasteiger partial charge in [0.2, 0.25) is 0 Å². The molecule has 2 atom stereocenters. The summed E-state index contributed by atoms with van der Waals surface area (Å²) in [5.41, 5.74) is 1.54. The maximum absolute atomic E-state index is 3.57. The highest BCUT2D eigenvalue weighted by Gasteiger charge is 2.29. The van der Waals surface area contributed by atoms with E-state index >= 15 is 0 Å². The van der Waals surface area contributed by atoms with Gasteiger partial charge in [-0.05, 0) is 50.8 Å². The molecule has 0 spiro atoms. The number of nitrogens with one attached hydrogen (secondary N) is 1. The Hall–Kier alpha value is -0.860. The number of piperidine rings is 1. The molecule has 2 heterocycles. The zero-order valence-corrected chi connectivity index (χ0v) is 11.3. The first kappa shape index (κ1) is 12.2. The molecule has 1 N–H and O–H groups in total. The van der Waals surface area contributed by atoms with E-state index in [1.54, 1.807) is 0 Å². The van der Waals surface area contributed by atoms with Crippen molar-refractivity contribution in [3.05, 3.63) is 35.9 Å². The molecule has 2 heteroatoms. The average molecular weight is 244 g/mol. The highest BCUT2D eigenvalue weighted by Crippen LogP contribution is 2.29. The number of hydrogen-bond donors (Lipinski definition) is 1. The van der Waals surface area contributed by atoms with Crippen molar-refractivity contribution in [3.8, 4) is 0 Å². The Kier molecular flexibility index (Phi) is 3.67. The number of hydrogen-bond acceptors (Lipinski definition) is 2. The molecule has 1 aromatic rings. The first-order chi connectivity index (χ1) is 8.83. The number of likely N-dealkylation sites (tertiary alicyclic amines) is 1. The van der Waals surface area contributed by atoms with Crippen molar-refractivity contribution in [1.29, 1.82) is 0 Å². The van der Waals surface area contributed by atoms with Gasteiger partial charge >= 0.3 is 0 Å². The lowest BCUT2D eigenvalue weighted by Crippen LogP contribution is -2.42. The van der Waals surface area contributed by atoms with Gasteiger partial charge in [0.1, 0.15) is 0 Å². The van der Waals surface area contributed by atoms with Gasteiger partial charge in [-0.3, -0.25) is 4.90 Å². The van der Waals surface area contributed by atoms with E-state index in [1.165, 1.54) is 44.5 Å². The van der Waals surface area contributed by atoms with Crippen molar-refractivity contribution >= 4 is 0 Å². The predicted octanol–water partition coefficient (Wildman–Crippen LogP) is 2.62. The van der Waals surface area contributed by atoms with Crippen molar-refractivity contribution in [3.63, 3.8) is 0 Å². The predicted molar refractivity (Wildman–Crippen MR) is 75.9 cm³/mol. The molecule has 2 saturated heterocycles. The van der Waals surface area contributed by atoms with E-state index in [0.717, 1.165) is 12.0 Å². The van der Waals surface area contributed by atoms with E-state index in [-0.39, 0.29) is 0 Å². The van der Waals surface area contributed by atoms with Crippen LogP contribution < -0.4 is 5.32 Å². The van der Waals surface area contributed by atoms with Crippen molar-refractivity contribution in [2.75, 3.05) is 19.6 Å². The molecule has 1 aromatic carbocycles. The fraction of sp³-hybridized carbons (Fsp3) is 0.625. The van der Waals surface area contributed by atoms with E-state index in [9.17, 15) is 0 Å². The molecule has 2 nitrogen and oxygen atoms in total. The third kappa shape index (κ3) is 2.60. The smallest absolute Gasteiger partial charge is 0.0235 e.